The Hall–Kier alpha value is -1.96. The predicted molar refractivity (Wildman–Crippen MR) is 98.3 cm³/mol. The minimum Gasteiger partial charge on any atom is -0.209 e. The Morgan fingerprint density at radius 1 is 0.667 bits per heavy atom. The predicted octanol–water partition coefficient (Wildman–Crippen LogP) is 6.83. The molecule has 2 rings (SSSR count). The van der Waals surface area contributed by atoms with Crippen molar-refractivity contribution in [1.29, 1.82) is 0 Å². The molecule has 0 amide bonds. The maximum atomic E-state index is 13.9. The fourth-order valence-electron chi connectivity index (χ4n) is 2.75. The third kappa shape index (κ3) is 5.30. The molecular formula is C22H26F2. The lowest BCUT2D eigenvalue weighted by atomic mass is 10.0. The van der Waals surface area contributed by atoms with Gasteiger partial charge < -0.3 is 0 Å². The molecule has 0 saturated carbocycles. The van der Waals surface area contributed by atoms with Gasteiger partial charge >= 0.3 is 0 Å². The molecule has 0 atom stereocenters. The number of halogens is 2. The van der Waals surface area contributed by atoms with Gasteiger partial charge in [-0.15, -0.1) is 0 Å². The molecule has 0 unspecified atom stereocenters. The minimum atomic E-state index is -0.727. The van der Waals surface area contributed by atoms with Crippen molar-refractivity contribution in [3.63, 3.8) is 0 Å². The molecule has 0 spiro atoms. The average Bonchev–Trinajstić information content (AvgIpc) is 2.61. The lowest BCUT2D eigenvalue weighted by Gasteiger charge is -2.06. The van der Waals surface area contributed by atoms with Gasteiger partial charge in [0.15, 0.2) is 5.83 Å². The van der Waals surface area contributed by atoms with E-state index in [1.165, 1.54) is 11.1 Å². The largest absolute Gasteiger partial charge is 0.209 e. The number of allylic oxidation sites excluding steroid dienone is 1. The van der Waals surface area contributed by atoms with Crippen LogP contribution in [0.1, 0.15) is 55.4 Å². The summed E-state index contributed by atoms with van der Waals surface area (Å²) in [5.41, 5.74) is 4.15. The van der Waals surface area contributed by atoms with Gasteiger partial charge in [0.25, 0.3) is 0 Å². The molecule has 0 aliphatic heterocycles. The fraction of sp³-hybridized carbons (Fsp3) is 0.364. The van der Waals surface area contributed by atoms with E-state index in [1.807, 2.05) is 19.1 Å². The van der Waals surface area contributed by atoms with Crippen LogP contribution < -0.4 is 0 Å². The van der Waals surface area contributed by atoms with E-state index in [9.17, 15) is 8.78 Å². The second-order valence-electron chi connectivity index (χ2n) is 6.23. The zero-order valence-corrected chi connectivity index (χ0v) is 14.6. The molecule has 0 saturated heterocycles. The highest BCUT2D eigenvalue weighted by Gasteiger charge is 2.08. The van der Waals surface area contributed by atoms with Gasteiger partial charge in [-0.25, -0.2) is 8.78 Å². The van der Waals surface area contributed by atoms with Crippen molar-refractivity contribution in [2.75, 3.05) is 0 Å². The molecule has 128 valence electrons. The number of aryl methyl sites for hydroxylation is 3. The van der Waals surface area contributed by atoms with Crippen LogP contribution in [0.5, 0.6) is 0 Å². The van der Waals surface area contributed by atoms with Gasteiger partial charge in [0.2, 0.25) is 0 Å². The molecule has 2 heteroatoms. The summed E-state index contributed by atoms with van der Waals surface area (Å²) in [5.74, 6) is -1.38. The summed E-state index contributed by atoms with van der Waals surface area (Å²) in [6.07, 6.45) is 4.89. The SMILES string of the molecule is CCC/C(F)=C(/F)c1ccc(CCc2ccc(CCC)cc2)cc1. The molecule has 24 heavy (non-hydrogen) atoms. The van der Waals surface area contributed by atoms with Crippen LogP contribution in [0.15, 0.2) is 54.4 Å². The summed E-state index contributed by atoms with van der Waals surface area (Å²) >= 11 is 0. The summed E-state index contributed by atoms with van der Waals surface area (Å²) in [6.45, 7) is 4.02. The van der Waals surface area contributed by atoms with Crippen LogP contribution in [-0.2, 0) is 19.3 Å². The van der Waals surface area contributed by atoms with Gasteiger partial charge in [-0.1, -0.05) is 68.8 Å². The Labute approximate surface area is 144 Å². The zero-order chi connectivity index (χ0) is 17.4. The van der Waals surface area contributed by atoms with Gasteiger partial charge in [-0.05, 0) is 42.4 Å². The highest BCUT2D eigenvalue weighted by atomic mass is 19.2. The molecular weight excluding hydrogens is 302 g/mol. The monoisotopic (exact) mass is 328 g/mol. The van der Waals surface area contributed by atoms with Gasteiger partial charge in [0.05, 0.1) is 0 Å². The van der Waals surface area contributed by atoms with E-state index in [-0.39, 0.29) is 6.42 Å². The van der Waals surface area contributed by atoms with E-state index in [4.69, 9.17) is 0 Å². The fourth-order valence-corrected chi connectivity index (χ4v) is 2.75. The van der Waals surface area contributed by atoms with Gasteiger partial charge in [-0.2, -0.15) is 0 Å². The van der Waals surface area contributed by atoms with E-state index in [1.54, 1.807) is 12.1 Å². The van der Waals surface area contributed by atoms with Crippen molar-refractivity contribution in [2.24, 2.45) is 0 Å². The number of hydrogen-bond donors (Lipinski definition) is 0. The molecule has 0 nitrogen and oxygen atoms in total. The topological polar surface area (TPSA) is 0 Å². The normalized spacial score (nSPS) is 12.2. The van der Waals surface area contributed by atoms with Crippen molar-refractivity contribution >= 4 is 5.83 Å². The second-order valence-corrected chi connectivity index (χ2v) is 6.23. The van der Waals surface area contributed by atoms with E-state index in [0.29, 0.717) is 12.0 Å². The average molecular weight is 328 g/mol. The van der Waals surface area contributed by atoms with E-state index >= 15 is 0 Å². The Morgan fingerprint density at radius 2 is 1.12 bits per heavy atom. The Kier molecular flexibility index (Phi) is 7.17. The van der Waals surface area contributed by atoms with Crippen molar-refractivity contribution < 1.29 is 8.78 Å². The molecule has 0 fully saturated rings. The summed E-state index contributed by atoms with van der Waals surface area (Å²) in [7, 11) is 0. The lowest BCUT2D eigenvalue weighted by Crippen LogP contribution is -1.93. The number of benzene rings is 2. The first-order valence-electron chi connectivity index (χ1n) is 8.85. The standard InChI is InChI=1S/C22H26F2/c1-3-5-17-7-9-18(10-8-17)11-12-19-13-15-20(16-14-19)22(24)21(23)6-4-2/h7-10,13-16H,3-6,11-12H2,1-2H3/b22-21-. The summed E-state index contributed by atoms with van der Waals surface area (Å²) in [5, 5.41) is 0. The number of hydrogen-bond acceptors (Lipinski definition) is 0. The first kappa shape index (κ1) is 18.4. The number of rotatable bonds is 8. The van der Waals surface area contributed by atoms with E-state index in [0.717, 1.165) is 31.2 Å². The third-order valence-corrected chi connectivity index (χ3v) is 4.18. The van der Waals surface area contributed by atoms with Gasteiger partial charge in [-0.3, -0.25) is 0 Å². The smallest absolute Gasteiger partial charge is 0.161 e. The van der Waals surface area contributed by atoms with Crippen molar-refractivity contribution in [1.82, 2.24) is 0 Å². The first-order chi connectivity index (χ1) is 11.6. The first-order valence-corrected chi connectivity index (χ1v) is 8.85. The van der Waals surface area contributed by atoms with Crippen LogP contribution in [0.2, 0.25) is 0 Å². The quantitative estimate of drug-likeness (QED) is 0.498. The van der Waals surface area contributed by atoms with Crippen LogP contribution in [0.4, 0.5) is 8.78 Å². The van der Waals surface area contributed by atoms with Crippen LogP contribution in [-0.4, -0.2) is 0 Å². The summed E-state index contributed by atoms with van der Waals surface area (Å²) in [6, 6.07) is 15.9. The Balaban J connectivity index is 1.95. The molecule has 0 aliphatic rings. The minimum absolute atomic E-state index is 0.154. The van der Waals surface area contributed by atoms with Crippen LogP contribution in [0.3, 0.4) is 0 Å². The third-order valence-electron chi connectivity index (χ3n) is 4.18. The molecule has 0 aliphatic carbocycles. The van der Waals surface area contributed by atoms with Gasteiger partial charge in [0.1, 0.15) is 5.83 Å². The maximum absolute atomic E-state index is 13.9. The van der Waals surface area contributed by atoms with Crippen molar-refractivity contribution in [3.8, 4) is 0 Å². The molecule has 0 N–H and O–H groups in total. The van der Waals surface area contributed by atoms with Crippen molar-refractivity contribution in [2.45, 2.75) is 52.4 Å². The molecule has 0 bridgehead atoms. The summed E-state index contributed by atoms with van der Waals surface area (Å²) < 4.78 is 27.4. The zero-order valence-electron chi connectivity index (χ0n) is 14.6. The molecule has 2 aromatic rings. The lowest BCUT2D eigenvalue weighted by molar-refractivity contribution is 0.559. The van der Waals surface area contributed by atoms with Gasteiger partial charge in [0, 0.05) is 12.0 Å². The highest BCUT2D eigenvalue weighted by molar-refractivity contribution is 5.61. The van der Waals surface area contributed by atoms with Crippen LogP contribution in [0.25, 0.3) is 5.83 Å². The maximum Gasteiger partial charge on any atom is 0.161 e. The van der Waals surface area contributed by atoms with Crippen LogP contribution in [0, 0.1) is 0 Å². The van der Waals surface area contributed by atoms with Crippen LogP contribution >= 0.6 is 0 Å². The highest BCUT2D eigenvalue weighted by Crippen LogP contribution is 2.24. The molecule has 0 aromatic heterocycles. The van der Waals surface area contributed by atoms with E-state index in [2.05, 4.69) is 31.2 Å². The Bertz CT molecular complexity index is 651. The molecule has 2 aromatic carbocycles. The Morgan fingerprint density at radius 3 is 1.58 bits per heavy atom. The van der Waals surface area contributed by atoms with E-state index < -0.39 is 11.7 Å². The molecule has 0 radical (unpaired) electrons. The second kappa shape index (κ2) is 9.36. The van der Waals surface area contributed by atoms with Crippen molar-refractivity contribution in [3.05, 3.63) is 76.6 Å². The molecule has 0 heterocycles. The summed E-state index contributed by atoms with van der Waals surface area (Å²) in [4.78, 5) is 0.